The van der Waals surface area contributed by atoms with Crippen LogP contribution >= 0.6 is 0 Å². The van der Waals surface area contributed by atoms with Crippen molar-refractivity contribution in [3.8, 4) is 0 Å². The number of nitrogens with zero attached hydrogens (tertiary/aromatic N) is 3. The molecule has 0 saturated carbocycles. The lowest BCUT2D eigenvalue weighted by molar-refractivity contribution is 0.100. The van der Waals surface area contributed by atoms with E-state index >= 15 is 0 Å². The molecule has 3 aromatic rings. The topological polar surface area (TPSA) is 107 Å². The van der Waals surface area contributed by atoms with Crippen molar-refractivity contribution in [1.82, 2.24) is 20.4 Å². The van der Waals surface area contributed by atoms with E-state index in [-0.39, 0.29) is 5.82 Å². The highest BCUT2D eigenvalue weighted by molar-refractivity contribution is 6.05. The number of benzene rings is 2. The number of aliphatic imine (C=N–C) groups is 1. The van der Waals surface area contributed by atoms with Gasteiger partial charge in [-0.25, -0.2) is 14.1 Å². The van der Waals surface area contributed by atoms with Crippen LogP contribution in [-0.4, -0.2) is 21.6 Å². The molecule has 0 bridgehead atoms. The summed E-state index contributed by atoms with van der Waals surface area (Å²) < 4.78 is 20.8. The van der Waals surface area contributed by atoms with Crippen LogP contribution < -0.4 is 16.4 Å². The van der Waals surface area contributed by atoms with Gasteiger partial charge >= 0.3 is 0 Å². The first-order chi connectivity index (χ1) is 15.1. The zero-order valence-electron chi connectivity index (χ0n) is 16.4. The molecule has 3 heterocycles. The number of hydrogen-bond acceptors (Lipinski definition) is 6. The van der Waals surface area contributed by atoms with Crippen molar-refractivity contribution in [3.63, 3.8) is 0 Å². The average Bonchev–Trinajstić information content (AvgIpc) is 3.21. The summed E-state index contributed by atoms with van der Waals surface area (Å²) in [5.74, 6) is 0.389. The van der Waals surface area contributed by atoms with Gasteiger partial charge in [-0.1, -0.05) is 18.2 Å². The number of allylic oxidation sites excluding steroid dienone is 1. The Balaban J connectivity index is 1.48. The van der Waals surface area contributed by atoms with Gasteiger partial charge in [0.25, 0.3) is 0 Å². The van der Waals surface area contributed by atoms with Crippen LogP contribution in [-0.2, 0) is 11.3 Å². The number of rotatable bonds is 5. The fourth-order valence-corrected chi connectivity index (χ4v) is 3.71. The minimum atomic E-state index is -0.610. The Bertz CT molecular complexity index is 1280. The molecule has 9 heteroatoms. The first-order valence-corrected chi connectivity index (χ1v) is 9.74. The van der Waals surface area contributed by atoms with Gasteiger partial charge in [0.15, 0.2) is 0 Å². The van der Waals surface area contributed by atoms with E-state index in [4.69, 9.17) is 10.5 Å². The van der Waals surface area contributed by atoms with Gasteiger partial charge in [0.05, 0.1) is 29.1 Å². The first kappa shape index (κ1) is 18.9. The number of carbonyl (C=O) groups excluding carboxylic acids is 1. The molecule has 0 spiro atoms. The van der Waals surface area contributed by atoms with Crippen molar-refractivity contribution in [1.29, 1.82) is 0 Å². The van der Waals surface area contributed by atoms with Gasteiger partial charge < -0.3 is 21.1 Å². The Hall–Kier alpha value is -4.14. The van der Waals surface area contributed by atoms with Gasteiger partial charge in [0.1, 0.15) is 11.6 Å². The van der Waals surface area contributed by atoms with Crippen molar-refractivity contribution in [2.45, 2.75) is 19.3 Å². The molecule has 1 amide bonds. The molecule has 1 atom stereocenters. The highest BCUT2D eigenvalue weighted by atomic mass is 19.1. The zero-order valence-corrected chi connectivity index (χ0v) is 16.4. The van der Waals surface area contributed by atoms with Crippen LogP contribution in [0.1, 0.15) is 28.6 Å². The average molecular weight is 418 g/mol. The Morgan fingerprint density at radius 1 is 1.32 bits per heavy atom. The summed E-state index contributed by atoms with van der Waals surface area (Å²) in [4.78, 5) is 16.4. The lowest BCUT2D eigenvalue weighted by atomic mass is 10.1. The van der Waals surface area contributed by atoms with Crippen molar-refractivity contribution in [2.75, 3.05) is 0 Å². The predicted molar refractivity (Wildman–Crippen MR) is 113 cm³/mol. The van der Waals surface area contributed by atoms with Gasteiger partial charge in [0.2, 0.25) is 18.1 Å². The van der Waals surface area contributed by atoms with E-state index in [1.165, 1.54) is 12.1 Å². The molecule has 1 aromatic heterocycles. The maximum atomic E-state index is 13.5. The zero-order chi connectivity index (χ0) is 21.4. The number of carbonyl (C=O) groups is 1. The van der Waals surface area contributed by atoms with E-state index in [0.29, 0.717) is 35.3 Å². The third-order valence-electron chi connectivity index (χ3n) is 5.17. The van der Waals surface area contributed by atoms with Gasteiger partial charge in [-0.05, 0) is 35.9 Å². The van der Waals surface area contributed by atoms with E-state index in [0.717, 1.165) is 17.0 Å². The molecule has 8 nitrogen and oxygen atoms in total. The number of primary amides is 1. The fourth-order valence-electron chi connectivity index (χ4n) is 3.71. The molecule has 0 aliphatic carbocycles. The van der Waals surface area contributed by atoms with Crippen molar-refractivity contribution >= 4 is 22.7 Å². The molecule has 0 saturated heterocycles. The van der Waals surface area contributed by atoms with Crippen molar-refractivity contribution in [2.24, 2.45) is 10.7 Å². The van der Waals surface area contributed by atoms with Gasteiger partial charge in [-0.2, -0.15) is 5.10 Å². The third kappa shape index (κ3) is 3.50. The summed E-state index contributed by atoms with van der Waals surface area (Å²) in [7, 11) is 0. The number of aromatic nitrogens is 2. The summed E-state index contributed by atoms with van der Waals surface area (Å²) in [6, 6.07) is 11.7. The highest BCUT2D eigenvalue weighted by Crippen LogP contribution is 2.27. The molecule has 2 aliphatic rings. The largest absolute Gasteiger partial charge is 0.447 e. The molecule has 2 aromatic carbocycles. The summed E-state index contributed by atoms with van der Waals surface area (Å²) in [5, 5.41) is 11.7. The quantitative estimate of drug-likeness (QED) is 0.591. The maximum Gasteiger partial charge on any atom is 0.249 e. The molecular formula is C22H19FN6O2. The molecular weight excluding hydrogens is 399 g/mol. The lowest BCUT2D eigenvalue weighted by Gasteiger charge is -2.29. The van der Waals surface area contributed by atoms with Crippen molar-refractivity contribution < 1.29 is 13.9 Å². The molecule has 0 radical (unpaired) electrons. The number of halogens is 1. The third-order valence-corrected chi connectivity index (χ3v) is 5.17. The fraction of sp³-hybridized carbons (Fsp3) is 0.136. The lowest BCUT2D eigenvalue weighted by Crippen LogP contribution is -2.39. The normalized spacial score (nSPS) is 17.6. The Labute approximate surface area is 176 Å². The number of hydrogen-bond donors (Lipinski definition) is 3. The maximum absolute atomic E-state index is 13.5. The van der Waals surface area contributed by atoms with Crippen LogP contribution in [0.25, 0.3) is 10.9 Å². The monoisotopic (exact) mass is 418 g/mol. The second-order valence-electron chi connectivity index (χ2n) is 7.17. The second-order valence-corrected chi connectivity index (χ2v) is 7.17. The summed E-state index contributed by atoms with van der Waals surface area (Å²) in [6.07, 6.45) is 5.11. The second kappa shape index (κ2) is 7.60. The van der Waals surface area contributed by atoms with Gasteiger partial charge in [-0.3, -0.25) is 4.79 Å². The molecule has 1 unspecified atom stereocenters. The first-order valence-electron chi connectivity index (χ1n) is 9.74. The van der Waals surface area contributed by atoms with Crippen LogP contribution in [0.15, 0.2) is 77.4 Å². The standard InChI is InChI=1S/C22H19FN6O2/c23-14-5-1-4-13(10-14)11-25-20-16-7-3-9-31-21(16)28-22(27-20)29-18-8-2-6-15(19(24)30)17(18)12-26-29/h1-6,8-10,12,22,25,27H,7,11H2,(H2,24,30). The summed E-state index contributed by atoms with van der Waals surface area (Å²) in [5.41, 5.74) is 8.26. The van der Waals surface area contributed by atoms with Crippen molar-refractivity contribution in [3.05, 3.63) is 89.3 Å². The van der Waals surface area contributed by atoms with Crippen LogP contribution in [0, 0.1) is 5.82 Å². The molecule has 31 heavy (non-hydrogen) atoms. The minimum Gasteiger partial charge on any atom is -0.447 e. The minimum absolute atomic E-state index is 0.286. The van der Waals surface area contributed by atoms with E-state index < -0.39 is 12.2 Å². The number of fused-ring (bicyclic) bond motifs is 2. The molecule has 5 rings (SSSR count). The predicted octanol–water partition coefficient (Wildman–Crippen LogP) is 2.67. The van der Waals surface area contributed by atoms with E-state index in [2.05, 4.69) is 20.7 Å². The Morgan fingerprint density at radius 3 is 3.03 bits per heavy atom. The molecule has 2 aliphatic heterocycles. The number of ether oxygens (including phenoxy) is 1. The van der Waals surface area contributed by atoms with Crippen LogP contribution in [0.5, 0.6) is 0 Å². The Kier molecular flexibility index (Phi) is 4.62. The van der Waals surface area contributed by atoms with Gasteiger partial charge in [-0.15, -0.1) is 0 Å². The van der Waals surface area contributed by atoms with Crippen LogP contribution in [0.3, 0.4) is 0 Å². The van der Waals surface area contributed by atoms with E-state index in [9.17, 15) is 9.18 Å². The smallest absolute Gasteiger partial charge is 0.249 e. The Morgan fingerprint density at radius 2 is 2.19 bits per heavy atom. The van der Waals surface area contributed by atoms with Gasteiger partial charge in [0, 0.05) is 18.4 Å². The molecule has 4 N–H and O–H groups in total. The molecule has 0 fully saturated rings. The van der Waals surface area contributed by atoms with E-state index in [1.807, 2.05) is 18.2 Å². The van der Waals surface area contributed by atoms with Crippen LogP contribution in [0.4, 0.5) is 4.39 Å². The summed E-state index contributed by atoms with van der Waals surface area (Å²) >= 11 is 0. The number of nitrogens with two attached hydrogens (primary N) is 1. The summed E-state index contributed by atoms with van der Waals surface area (Å²) in [6.45, 7) is 0.416. The van der Waals surface area contributed by atoms with Crippen LogP contribution in [0.2, 0.25) is 0 Å². The number of amides is 1. The number of nitrogens with one attached hydrogen (secondary N) is 2. The molecule has 156 valence electrons. The highest BCUT2D eigenvalue weighted by Gasteiger charge is 2.27. The SMILES string of the molecule is NC(=O)c1cccc2c1cnn2C1N=C2OC=CCC2=C(NCc2cccc(F)c2)N1. The van der Waals surface area contributed by atoms with E-state index in [1.54, 1.807) is 35.3 Å².